The summed E-state index contributed by atoms with van der Waals surface area (Å²) in [6.07, 6.45) is 6.45. The van der Waals surface area contributed by atoms with Gasteiger partial charge in [-0.3, -0.25) is 0 Å². The molecule has 2 heterocycles. The second kappa shape index (κ2) is 6.18. The molecule has 1 saturated carbocycles. The number of rotatable bonds is 5. The van der Waals surface area contributed by atoms with Crippen molar-refractivity contribution in [1.29, 1.82) is 5.26 Å². The number of sulfonamides is 1. The van der Waals surface area contributed by atoms with Gasteiger partial charge in [0.1, 0.15) is 6.07 Å². The Bertz CT molecular complexity index is 673. The molecule has 2 fully saturated rings. The quantitative estimate of drug-likeness (QED) is 0.855. The summed E-state index contributed by atoms with van der Waals surface area (Å²) in [6.45, 7) is 2.05. The maximum Gasteiger partial charge on any atom is 0.214 e. The summed E-state index contributed by atoms with van der Waals surface area (Å²) in [4.78, 5) is 10.3. The first-order valence-electron chi connectivity index (χ1n) is 7.54. The van der Waals surface area contributed by atoms with Gasteiger partial charge in [-0.1, -0.05) is 0 Å². The van der Waals surface area contributed by atoms with Crippen LogP contribution in [0.15, 0.2) is 12.4 Å². The van der Waals surface area contributed by atoms with Crippen molar-refractivity contribution < 1.29 is 8.42 Å². The molecule has 0 spiro atoms. The lowest BCUT2D eigenvalue weighted by Crippen LogP contribution is -2.40. The third-order valence-corrected chi connectivity index (χ3v) is 6.15. The minimum atomic E-state index is -3.09. The summed E-state index contributed by atoms with van der Waals surface area (Å²) < 4.78 is 26.4. The average Bonchev–Trinajstić information content (AvgIpc) is 3.39. The summed E-state index contributed by atoms with van der Waals surface area (Å²) >= 11 is 0. The van der Waals surface area contributed by atoms with Crippen molar-refractivity contribution in [2.45, 2.75) is 30.9 Å². The van der Waals surface area contributed by atoms with E-state index < -0.39 is 10.0 Å². The van der Waals surface area contributed by atoms with Gasteiger partial charge in [0.15, 0.2) is 11.5 Å². The van der Waals surface area contributed by atoms with Crippen LogP contribution in [0, 0.1) is 17.2 Å². The van der Waals surface area contributed by atoms with Crippen LogP contribution in [0.25, 0.3) is 0 Å². The van der Waals surface area contributed by atoms with E-state index in [0.29, 0.717) is 24.0 Å². The molecule has 0 aromatic carbocycles. The molecule has 0 atom stereocenters. The number of piperidine rings is 1. The number of nitrogens with one attached hydrogen (secondary N) is 1. The Hall–Kier alpha value is -1.72. The molecular formula is C14H19N5O2S. The highest BCUT2D eigenvalue weighted by molar-refractivity contribution is 7.90. The van der Waals surface area contributed by atoms with Crippen molar-refractivity contribution in [3.63, 3.8) is 0 Å². The van der Waals surface area contributed by atoms with Gasteiger partial charge in [0.25, 0.3) is 0 Å². The molecule has 7 nitrogen and oxygen atoms in total. The largest absolute Gasteiger partial charge is 0.354 e. The lowest BCUT2D eigenvalue weighted by Gasteiger charge is -2.32. The molecule has 1 aromatic heterocycles. The Labute approximate surface area is 130 Å². The molecule has 1 saturated heterocycles. The van der Waals surface area contributed by atoms with Gasteiger partial charge in [-0.15, -0.1) is 0 Å². The fourth-order valence-electron chi connectivity index (χ4n) is 2.72. The Morgan fingerprint density at radius 3 is 2.55 bits per heavy atom. The van der Waals surface area contributed by atoms with E-state index in [1.165, 1.54) is 6.20 Å². The van der Waals surface area contributed by atoms with Crippen LogP contribution in [-0.4, -0.2) is 43.3 Å². The van der Waals surface area contributed by atoms with Gasteiger partial charge in [-0.25, -0.2) is 23.1 Å². The first-order chi connectivity index (χ1) is 10.6. The number of hydrogen-bond acceptors (Lipinski definition) is 6. The highest BCUT2D eigenvalue weighted by Gasteiger charge is 2.36. The maximum absolute atomic E-state index is 11.8. The highest BCUT2D eigenvalue weighted by Crippen LogP contribution is 2.28. The first kappa shape index (κ1) is 15.2. The predicted octanol–water partition coefficient (Wildman–Crippen LogP) is 0.646. The Morgan fingerprint density at radius 2 is 1.91 bits per heavy atom. The zero-order chi connectivity index (χ0) is 15.6. The van der Waals surface area contributed by atoms with E-state index >= 15 is 0 Å². The molecule has 1 N–H and O–H groups in total. The van der Waals surface area contributed by atoms with Gasteiger partial charge in [-0.05, 0) is 31.6 Å². The minimum absolute atomic E-state index is 0.162. The van der Waals surface area contributed by atoms with Crippen LogP contribution in [-0.2, 0) is 10.0 Å². The van der Waals surface area contributed by atoms with E-state index in [1.807, 2.05) is 0 Å². The van der Waals surface area contributed by atoms with E-state index in [-0.39, 0.29) is 5.25 Å². The lowest BCUT2D eigenvalue weighted by molar-refractivity contribution is 0.400. The average molecular weight is 321 g/mol. The number of hydrogen-bond donors (Lipinski definition) is 1. The zero-order valence-electron chi connectivity index (χ0n) is 12.3. The van der Waals surface area contributed by atoms with Gasteiger partial charge in [0.2, 0.25) is 10.0 Å². The van der Waals surface area contributed by atoms with E-state index in [4.69, 9.17) is 5.26 Å². The van der Waals surface area contributed by atoms with Gasteiger partial charge in [0, 0.05) is 32.0 Å². The molecule has 22 heavy (non-hydrogen) atoms. The molecule has 0 unspecified atom stereocenters. The molecule has 1 aliphatic heterocycles. The second-order valence-electron chi connectivity index (χ2n) is 5.86. The molecule has 2 aliphatic rings. The van der Waals surface area contributed by atoms with Crippen LogP contribution in [0.2, 0.25) is 0 Å². The van der Waals surface area contributed by atoms with Crippen molar-refractivity contribution in [2.24, 2.45) is 5.92 Å². The summed E-state index contributed by atoms with van der Waals surface area (Å²) in [5.41, 5.74) is 0.343. The summed E-state index contributed by atoms with van der Waals surface area (Å²) in [6, 6.07) is 2.06. The summed E-state index contributed by atoms with van der Waals surface area (Å²) in [7, 11) is -3.09. The second-order valence-corrected chi connectivity index (χ2v) is 7.91. The van der Waals surface area contributed by atoms with E-state index in [9.17, 15) is 8.42 Å². The lowest BCUT2D eigenvalue weighted by atomic mass is 9.97. The molecule has 1 aliphatic carbocycles. The minimum Gasteiger partial charge on any atom is -0.354 e. The van der Waals surface area contributed by atoms with Crippen LogP contribution in [0.5, 0.6) is 0 Å². The molecule has 8 heteroatoms. The van der Waals surface area contributed by atoms with Gasteiger partial charge < -0.3 is 4.90 Å². The van der Waals surface area contributed by atoms with Crippen LogP contribution < -0.4 is 9.62 Å². The zero-order valence-corrected chi connectivity index (χ0v) is 13.1. The van der Waals surface area contributed by atoms with Gasteiger partial charge >= 0.3 is 0 Å². The molecular weight excluding hydrogens is 302 g/mol. The van der Waals surface area contributed by atoms with Crippen molar-refractivity contribution in [3.8, 4) is 6.07 Å². The molecule has 1 aromatic rings. The number of anilines is 1. The molecule has 0 radical (unpaired) electrons. The van der Waals surface area contributed by atoms with Crippen molar-refractivity contribution in [1.82, 2.24) is 14.7 Å². The fourth-order valence-corrected chi connectivity index (χ4v) is 4.18. The normalized spacial score (nSPS) is 19.9. The first-order valence-corrected chi connectivity index (χ1v) is 9.09. The SMILES string of the molecule is N#Cc1nccnc1N1CCC(CNS(=O)(=O)C2CC2)CC1. The van der Waals surface area contributed by atoms with Gasteiger partial charge in [-0.2, -0.15) is 5.26 Å². The Morgan fingerprint density at radius 1 is 1.23 bits per heavy atom. The Kier molecular flexibility index (Phi) is 4.27. The summed E-state index contributed by atoms with van der Waals surface area (Å²) in [5, 5.41) is 8.92. The molecule has 118 valence electrons. The maximum atomic E-state index is 11.8. The monoisotopic (exact) mass is 321 g/mol. The van der Waals surface area contributed by atoms with Crippen LogP contribution in [0.3, 0.4) is 0 Å². The smallest absolute Gasteiger partial charge is 0.214 e. The Balaban J connectivity index is 1.53. The van der Waals surface area contributed by atoms with Gasteiger partial charge in [0.05, 0.1) is 5.25 Å². The van der Waals surface area contributed by atoms with Crippen molar-refractivity contribution in [3.05, 3.63) is 18.1 Å². The standard InChI is InChI=1S/C14H19N5O2S/c15-9-13-14(17-6-5-16-13)19-7-3-11(4-8-19)10-18-22(20,21)12-1-2-12/h5-6,11-12,18H,1-4,7-8,10H2. The third-order valence-electron chi connectivity index (χ3n) is 4.24. The topological polar surface area (TPSA) is 99.0 Å². The highest BCUT2D eigenvalue weighted by atomic mass is 32.2. The van der Waals surface area contributed by atoms with Crippen molar-refractivity contribution in [2.75, 3.05) is 24.5 Å². The van der Waals surface area contributed by atoms with E-state index in [0.717, 1.165) is 38.8 Å². The number of nitriles is 1. The van der Waals surface area contributed by atoms with Crippen molar-refractivity contribution >= 4 is 15.8 Å². The predicted molar refractivity (Wildman–Crippen MR) is 81.6 cm³/mol. The summed E-state index contributed by atoms with van der Waals surface area (Å²) in [5.74, 6) is 0.967. The van der Waals surface area contributed by atoms with E-state index in [1.54, 1.807) is 6.20 Å². The van der Waals surface area contributed by atoms with Crippen LogP contribution in [0.1, 0.15) is 31.4 Å². The number of nitrogens with zero attached hydrogens (tertiary/aromatic N) is 4. The molecule has 0 bridgehead atoms. The molecule has 0 amide bonds. The van der Waals surface area contributed by atoms with Crippen LogP contribution in [0.4, 0.5) is 5.82 Å². The number of aromatic nitrogens is 2. The third kappa shape index (κ3) is 3.36. The van der Waals surface area contributed by atoms with E-state index in [2.05, 4.69) is 25.7 Å². The van der Waals surface area contributed by atoms with Crippen LogP contribution >= 0.6 is 0 Å². The molecule has 3 rings (SSSR count). The fraction of sp³-hybridized carbons (Fsp3) is 0.643.